The van der Waals surface area contributed by atoms with Crippen molar-refractivity contribution in [1.82, 2.24) is 18.8 Å². The van der Waals surface area contributed by atoms with Crippen LogP contribution < -0.4 is 0 Å². The zero-order valence-electron chi connectivity index (χ0n) is 15.0. The molecule has 1 aromatic rings. The summed E-state index contributed by atoms with van der Waals surface area (Å²) in [7, 11) is -0.135. The Labute approximate surface area is 148 Å². The summed E-state index contributed by atoms with van der Waals surface area (Å²) in [5.41, 5.74) is -0.0577. The summed E-state index contributed by atoms with van der Waals surface area (Å²) < 4.78 is 34.0. The molecule has 0 radical (unpaired) electrons. The molecule has 0 N–H and O–H groups in total. The van der Waals surface area contributed by atoms with Gasteiger partial charge in [0.05, 0.1) is 12.9 Å². The summed E-state index contributed by atoms with van der Waals surface area (Å²) in [5.74, 6) is 0.322. The summed E-state index contributed by atoms with van der Waals surface area (Å²) in [6.45, 7) is 4.46. The predicted octanol–water partition coefficient (Wildman–Crippen LogP) is 0.316. The van der Waals surface area contributed by atoms with E-state index < -0.39 is 10.0 Å². The van der Waals surface area contributed by atoms with Gasteiger partial charge in [0.2, 0.25) is 5.91 Å². The molecule has 0 aromatic carbocycles. The van der Waals surface area contributed by atoms with E-state index in [-0.39, 0.29) is 22.3 Å². The fourth-order valence-corrected chi connectivity index (χ4v) is 5.50. The van der Waals surface area contributed by atoms with Crippen LogP contribution in [0, 0.1) is 11.3 Å². The molecule has 2 aliphatic rings. The van der Waals surface area contributed by atoms with Crippen LogP contribution in [0.25, 0.3) is 0 Å². The highest BCUT2D eigenvalue weighted by molar-refractivity contribution is 7.89. The molecule has 3 rings (SSSR count). The number of aromatic nitrogens is 2. The molecule has 9 heteroatoms. The van der Waals surface area contributed by atoms with Crippen LogP contribution in [0.2, 0.25) is 0 Å². The van der Waals surface area contributed by atoms with Gasteiger partial charge in [0.1, 0.15) is 0 Å². The Bertz CT molecular complexity index is 737. The number of carbonyl (C=O) groups excluding carboxylic acids is 1. The summed E-state index contributed by atoms with van der Waals surface area (Å²) in [6.07, 6.45) is 4.49. The Morgan fingerprint density at radius 2 is 2.08 bits per heavy atom. The SMILES string of the molecule is COCC1CN(C(C)=O)CC12CCN(S(=O)(=O)c1cn(C)cn1)CC2. The second kappa shape index (κ2) is 6.69. The molecule has 0 saturated carbocycles. The van der Waals surface area contributed by atoms with Crippen molar-refractivity contribution >= 4 is 15.9 Å². The van der Waals surface area contributed by atoms with Crippen LogP contribution in [0.1, 0.15) is 19.8 Å². The molecule has 2 aliphatic heterocycles. The van der Waals surface area contributed by atoms with Gasteiger partial charge in [0.25, 0.3) is 10.0 Å². The van der Waals surface area contributed by atoms with E-state index in [0.29, 0.717) is 32.8 Å². The molecule has 2 fully saturated rings. The van der Waals surface area contributed by atoms with E-state index >= 15 is 0 Å². The maximum Gasteiger partial charge on any atom is 0.262 e. The largest absolute Gasteiger partial charge is 0.384 e. The zero-order valence-corrected chi connectivity index (χ0v) is 15.8. The van der Waals surface area contributed by atoms with Gasteiger partial charge in [-0.1, -0.05) is 0 Å². The first-order valence-corrected chi connectivity index (χ1v) is 9.95. The van der Waals surface area contributed by atoms with Crippen molar-refractivity contribution in [3.05, 3.63) is 12.5 Å². The minimum atomic E-state index is -3.56. The van der Waals surface area contributed by atoms with Crippen LogP contribution in [0.3, 0.4) is 0 Å². The van der Waals surface area contributed by atoms with Gasteiger partial charge in [-0.25, -0.2) is 13.4 Å². The third kappa shape index (κ3) is 3.32. The fourth-order valence-electron chi connectivity index (χ4n) is 4.10. The summed E-state index contributed by atoms with van der Waals surface area (Å²) in [6, 6.07) is 0. The molecule has 1 aromatic heterocycles. The molecular formula is C16H26N4O4S. The monoisotopic (exact) mass is 370 g/mol. The smallest absolute Gasteiger partial charge is 0.262 e. The Balaban J connectivity index is 1.75. The van der Waals surface area contributed by atoms with E-state index in [9.17, 15) is 13.2 Å². The maximum absolute atomic E-state index is 12.7. The van der Waals surface area contributed by atoms with Crippen LogP contribution in [0.5, 0.6) is 0 Å². The molecule has 1 spiro atoms. The number of rotatable bonds is 4. The van der Waals surface area contributed by atoms with Crippen molar-refractivity contribution in [2.45, 2.75) is 24.8 Å². The molecule has 1 unspecified atom stereocenters. The van der Waals surface area contributed by atoms with E-state index in [0.717, 1.165) is 12.8 Å². The standard InChI is InChI=1S/C16H26N4O4S/c1-13(21)19-8-14(10-24-3)16(11-19)4-6-20(7-5-16)25(22,23)15-9-18(2)12-17-15/h9,12,14H,4-8,10-11H2,1-3H3. The van der Waals surface area contributed by atoms with Crippen LogP contribution >= 0.6 is 0 Å². The number of amides is 1. The first-order valence-electron chi connectivity index (χ1n) is 8.51. The lowest BCUT2D eigenvalue weighted by molar-refractivity contribution is -0.128. The van der Waals surface area contributed by atoms with Gasteiger partial charge in [0.15, 0.2) is 5.03 Å². The van der Waals surface area contributed by atoms with E-state index in [1.807, 2.05) is 4.90 Å². The Hall–Kier alpha value is -1.45. The van der Waals surface area contributed by atoms with Crippen molar-refractivity contribution < 1.29 is 17.9 Å². The summed E-state index contributed by atoms with van der Waals surface area (Å²) >= 11 is 0. The van der Waals surface area contributed by atoms with Crippen LogP contribution in [-0.4, -0.2) is 73.0 Å². The van der Waals surface area contributed by atoms with Gasteiger partial charge in [-0.2, -0.15) is 4.31 Å². The van der Waals surface area contributed by atoms with Crippen molar-refractivity contribution in [2.24, 2.45) is 18.4 Å². The van der Waals surface area contributed by atoms with Gasteiger partial charge < -0.3 is 14.2 Å². The lowest BCUT2D eigenvalue weighted by atomic mass is 9.71. The number of nitrogens with zero attached hydrogens (tertiary/aromatic N) is 4. The second-order valence-electron chi connectivity index (χ2n) is 7.20. The Morgan fingerprint density at radius 3 is 2.60 bits per heavy atom. The average Bonchev–Trinajstić information content (AvgIpc) is 3.14. The van der Waals surface area contributed by atoms with Gasteiger partial charge in [-0.15, -0.1) is 0 Å². The molecule has 0 bridgehead atoms. The highest BCUT2D eigenvalue weighted by Crippen LogP contribution is 2.45. The molecule has 0 aliphatic carbocycles. The number of hydrogen-bond donors (Lipinski definition) is 0. The van der Waals surface area contributed by atoms with Crippen molar-refractivity contribution in [3.63, 3.8) is 0 Å². The van der Waals surface area contributed by atoms with Crippen molar-refractivity contribution in [2.75, 3.05) is 39.9 Å². The van der Waals surface area contributed by atoms with Gasteiger partial charge in [-0.05, 0) is 18.3 Å². The van der Waals surface area contributed by atoms with E-state index in [1.165, 1.54) is 16.8 Å². The van der Waals surface area contributed by atoms with E-state index in [4.69, 9.17) is 4.74 Å². The minimum Gasteiger partial charge on any atom is -0.384 e. The molecule has 8 nitrogen and oxygen atoms in total. The number of likely N-dealkylation sites (tertiary alicyclic amines) is 1. The van der Waals surface area contributed by atoms with Gasteiger partial charge in [0, 0.05) is 59.4 Å². The third-order valence-corrected chi connectivity index (χ3v) is 7.41. The van der Waals surface area contributed by atoms with Gasteiger partial charge in [-0.3, -0.25) is 4.79 Å². The molecule has 140 valence electrons. The fraction of sp³-hybridized carbons (Fsp3) is 0.750. The van der Waals surface area contributed by atoms with Crippen molar-refractivity contribution in [3.8, 4) is 0 Å². The maximum atomic E-state index is 12.7. The predicted molar refractivity (Wildman–Crippen MR) is 91.3 cm³/mol. The molecule has 1 atom stereocenters. The number of carbonyl (C=O) groups is 1. The number of piperidine rings is 1. The highest BCUT2D eigenvalue weighted by atomic mass is 32.2. The van der Waals surface area contributed by atoms with Crippen LogP contribution in [0.15, 0.2) is 17.6 Å². The first-order chi connectivity index (χ1) is 11.8. The Kier molecular flexibility index (Phi) is 4.91. The summed E-state index contributed by atoms with van der Waals surface area (Å²) in [4.78, 5) is 17.7. The number of hydrogen-bond acceptors (Lipinski definition) is 5. The van der Waals surface area contributed by atoms with E-state index in [1.54, 1.807) is 25.6 Å². The summed E-state index contributed by atoms with van der Waals surface area (Å²) in [5, 5.41) is 0.0937. The lowest BCUT2D eigenvalue weighted by Crippen LogP contribution is -2.47. The number of imidazole rings is 1. The third-order valence-electron chi connectivity index (χ3n) is 5.63. The van der Waals surface area contributed by atoms with E-state index in [2.05, 4.69) is 4.98 Å². The lowest BCUT2D eigenvalue weighted by Gasteiger charge is -2.41. The van der Waals surface area contributed by atoms with Crippen LogP contribution in [0.4, 0.5) is 0 Å². The number of ether oxygens (including phenoxy) is 1. The quantitative estimate of drug-likeness (QED) is 0.762. The molecule has 2 saturated heterocycles. The molecule has 25 heavy (non-hydrogen) atoms. The van der Waals surface area contributed by atoms with Crippen molar-refractivity contribution in [1.29, 1.82) is 0 Å². The van der Waals surface area contributed by atoms with Gasteiger partial charge >= 0.3 is 0 Å². The second-order valence-corrected chi connectivity index (χ2v) is 9.08. The topological polar surface area (TPSA) is 84.7 Å². The highest BCUT2D eigenvalue weighted by Gasteiger charge is 2.50. The number of methoxy groups -OCH3 is 1. The minimum absolute atomic E-state index is 0.0577. The Morgan fingerprint density at radius 1 is 1.40 bits per heavy atom. The molecular weight excluding hydrogens is 344 g/mol. The molecule has 3 heterocycles. The average molecular weight is 370 g/mol. The zero-order chi connectivity index (χ0) is 18.2. The first kappa shape index (κ1) is 18.3. The molecule has 1 amide bonds. The number of aryl methyl sites for hydroxylation is 1. The normalized spacial score (nSPS) is 24.1. The number of sulfonamides is 1. The van der Waals surface area contributed by atoms with Crippen LogP contribution in [-0.2, 0) is 26.6 Å².